The molecule has 0 saturated carbocycles. The van der Waals surface area contributed by atoms with Gasteiger partial charge in [0.25, 0.3) is 5.91 Å². The standard InChI is InChI=1S/C20H22ClNO3/c1-14(12-13-16-8-4-3-5-9-16)22-19(23)15(2)25-20(24)17-10-6-7-11-18(17)21/h3-11,14-15H,12-13H2,1-2H3,(H,22,23)/t14-,15-/m0/s1. The maximum Gasteiger partial charge on any atom is 0.340 e. The van der Waals surface area contributed by atoms with Crippen molar-refractivity contribution >= 4 is 23.5 Å². The lowest BCUT2D eigenvalue weighted by Gasteiger charge is -2.18. The predicted octanol–water partition coefficient (Wildman–Crippen LogP) is 4.02. The first kappa shape index (κ1) is 19.0. The number of carbonyl (C=O) groups excluding carboxylic acids is 2. The lowest BCUT2D eigenvalue weighted by Crippen LogP contribution is -2.41. The highest BCUT2D eigenvalue weighted by Crippen LogP contribution is 2.16. The van der Waals surface area contributed by atoms with Crippen LogP contribution in [0.4, 0.5) is 0 Å². The maximum absolute atomic E-state index is 12.2. The van der Waals surface area contributed by atoms with Gasteiger partial charge in [-0.05, 0) is 44.4 Å². The highest BCUT2D eigenvalue weighted by molar-refractivity contribution is 6.33. The Kier molecular flexibility index (Phi) is 7.02. The van der Waals surface area contributed by atoms with Crippen LogP contribution in [0.25, 0.3) is 0 Å². The molecule has 0 aromatic heterocycles. The monoisotopic (exact) mass is 359 g/mol. The first-order valence-electron chi connectivity index (χ1n) is 8.27. The summed E-state index contributed by atoms with van der Waals surface area (Å²) in [4.78, 5) is 24.3. The zero-order valence-corrected chi connectivity index (χ0v) is 15.1. The van der Waals surface area contributed by atoms with E-state index in [0.717, 1.165) is 12.8 Å². The van der Waals surface area contributed by atoms with E-state index in [1.54, 1.807) is 31.2 Å². The molecule has 0 saturated heterocycles. The number of benzene rings is 2. The van der Waals surface area contributed by atoms with Crippen molar-refractivity contribution in [3.63, 3.8) is 0 Å². The average molecular weight is 360 g/mol. The van der Waals surface area contributed by atoms with Crippen molar-refractivity contribution in [3.05, 3.63) is 70.7 Å². The molecule has 2 rings (SSSR count). The number of rotatable bonds is 7. The van der Waals surface area contributed by atoms with E-state index in [2.05, 4.69) is 17.4 Å². The second kappa shape index (κ2) is 9.23. The number of hydrogen-bond acceptors (Lipinski definition) is 3. The third kappa shape index (κ3) is 5.91. The van der Waals surface area contributed by atoms with Crippen LogP contribution in [0.15, 0.2) is 54.6 Å². The molecule has 2 aromatic rings. The quantitative estimate of drug-likeness (QED) is 0.759. The molecule has 0 aliphatic rings. The summed E-state index contributed by atoms with van der Waals surface area (Å²) in [5.74, 6) is -0.925. The molecule has 1 amide bonds. The lowest BCUT2D eigenvalue weighted by atomic mass is 10.1. The molecular weight excluding hydrogens is 338 g/mol. The number of nitrogens with one attached hydrogen (secondary N) is 1. The Balaban J connectivity index is 1.81. The number of amides is 1. The summed E-state index contributed by atoms with van der Waals surface area (Å²) in [5, 5.41) is 3.17. The van der Waals surface area contributed by atoms with E-state index in [9.17, 15) is 9.59 Å². The van der Waals surface area contributed by atoms with E-state index in [4.69, 9.17) is 16.3 Å². The van der Waals surface area contributed by atoms with Gasteiger partial charge < -0.3 is 10.1 Å². The summed E-state index contributed by atoms with van der Waals surface area (Å²) in [7, 11) is 0. The molecular formula is C20H22ClNO3. The molecule has 0 aliphatic heterocycles. The van der Waals surface area contributed by atoms with Gasteiger partial charge in [-0.1, -0.05) is 54.1 Å². The molecule has 1 N–H and O–H groups in total. The van der Waals surface area contributed by atoms with Gasteiger partial charge in [-0.25, -0.2) is 4.79 Å². The van der Waals surface area contributed by atoms with Gasteiger partial charge >= 0.3 is 5.97 Å². The van der Waals surface area contributed by atoms with Crippen LogP contribution >= 0.6 is 11.6 Å². The van der Waals surface area contributed by atoms with Crippen LogP contribution in [0.3, 0.4) is 0 Å². The predicted molar refractivity (Wildman–Crippen MR) is 98.7 cm³/mol. The van der Waals surface area contributed by atoms with E-state index in [0.29, 0.717) is 5.02 Å². The fourth-order valence-electron chi connectivity index (χ4n) is 2.36. The molecule has 4 nitrogen and oxygen atoms in total. The minimum Gasteiger partial charge on any atom is -0.449 e. The lowest BCUT2D eigenvalue weighted by molar-refractivity contribution is -0.129. The second-order valence-corrected chi connectivity index (χ2v) is 6.37. The van der Waals surface area contributed by atoms with Gasteiger partial charge in [0.15, 0.2) is 6.10 Å². The first-order valence-corrected chi connectivity index (χ1v) is 8.65. The van der Waals surface area contributed by atoms with Crippen molar-refractivity contribution in [1.29, 1.82) is 0 Å². The van der Waals surface area contributed by atoms with Crippen LogP contribution in [0.2, 0.25) is 5.02 Å². The minimum atomic E-state index is -0.886. The van der Waals surface area contributed by atoms with E-state index < -0.39 is 12.1 Å². The van der Waals surface area contributed by atoms with E-state index in [-0.39, 0.29) is 17.5 Å². The van der Waals surface area contributed by atoms with Crippen LogP contribution in [-0.2, 0) is 16.0 Å². The summed E-state index contributed by atoms with van der Waals surface area (Å²) in [6, 6.07) is 16.7. The average Bonchev–Trinajstić information content (AvgIpc) is 2.61. The first-order chi connectivity index (χ1) is 12.0. The summed E-state index contributed by atoms with van der Waals surface area (Å²) in [6.07, 6.45) is 0.791. The Bertz CT molecular complexity index is 718. The normalized spacial score (nSPS) is 12.9. The summed E-state index contributed by atoms with van der Waals surface area (Å²) >= 11 is 5.96. The van der Waals surface area contributed by atoms with Crippen LogP contribution in [0.1, 0.15) is 36.2 Å². The largest absolute Gasteiger partial charge is 0.449 e. The summed E-state index contributed by atoms with van der Waals surface area (Å²) in [6.45, 7) is 3.48. The Morgan fingerprint density at radius 3 is 2.36 bits per heavy atom. The Hall–Kier alpha value is -2.33. The zero-order chi connectivity index (χ0) is 18.2. The fraction of sp³-hybridized carbons (Fsp3) is 0.300. The van der Waals surface area contributed by atoms with Gasteiger partial charge in [-0.15, -0.1) is 0 Å². The van der Waals surface area contributed by atoms with Gasteiger partial charge in [0.1, 0.15) is 0 Å². The van der Waals surface area contributed by atoms with Crippen molar-refractivity contribution in [1.82, 2.24) is 5.32 Å². The van der Waals surface area contributed by atoms with Gasteiger partial charge in [0, 0.05) is 6.04 Å². The SMILES string of the molecule is C[C@H](OC(=O)c1ccccc1Cl)C(=O)N[C@@H](C)CCc1ccccc1. The van der Waals surface area contributed by atoms with Crippen molar-refractivity contribution in [3.8, 4) is 0 Å². The molecule has 2 aromatic carbocycles. The number of esters is 1. The molecule has 25 heavy (non-hydrogen) atoms. The third-order valence-electron chi connectivity index (χ3n) is 3.84. The van der Waals surface area contributed by atoms with E-state index >= 15 is 0 Å². The van der Waals surface area contributed by atoms with Crippen molar-refractivity contribution in [2.75, 3.05) is 0 Å². The number of carbonyl (C=O) groups is 2. The van der Waals surface area contributed by atoms with Gasteiger partial charge in [0.2, 0.25) is 0 Å². The van der Waals surface area contributed by atoms with Crippen LogP contribution in [-0.4, -0.2) is 24.0 Å². The van der Waals surface area contributed by atoms with Gasteiger partial charge in [-0.2, -0.15) is 0 Å². The molecule has 5 heteroatoms. The second-order valence-electron chi connectivity index (χ2n) is 5.96. The molecule has 0 heterocycles. The van der Waals surface area contributed by atoms with Crippen LogP contribution in [0, 0.1) is 0 Å². The third-order valence-corrected chi connectivity index (χ3v) is 4.17. The summed E-state index contributed by atoms with van der Waals surface area (Å²) < 4.78 is 5.21. The van der Waals surface area contributed by atoms with E-state index in [1.807, 2.05) is 25.1 Å². The zero-order valence-electron chi connectivity index (χ0n) is 14.4. The van der Waals surface area contributed by atoms with Gasteiger partial charge in [-0.3, -0.25) is 4.79 Å². The Morgan fingerprint density at radius 1 is 1.04 bits per heavy atom. The van der Waals surface area contributed by atoms with Crippen LogP contribution in [0.5, 0.6) is 0 Å². The highest BCUT2D eigenvalue weighted by Gasteiger charge is 2.21. The number of hydrogen-bond donors (Lipinski definition) is 1. The molecule has 0 unspecified atom stereocenters. The topological polar surface area (TPSA) is 55.4 Å². The number of aryl methyl sites for hydroxylation is 1. The van der Waals surface area contributed by atoms with Crippen molar-refractivity contribution in [2.45, 2.75) is 38.8 Å². The minimum absolute atomic E-state index is 0.0193. The smallest absolute Gasteiger partial charge is 0.340 e. The van der Waals surface area contributed by atoms with Crippen molar-refractivity contribution < 1.29 is 14.3 Å². The highest BCUT2D eigenvalue weighted by atomic mass is 35.5. The number of halogens is 1. The maximum atomic E-state index is 12.2. The van der Waals surface area contributed by atoms with Crippen molar-refractivity contribution in [2.24, 2.45) is 0 Å². The Morgan fingerprint density at radius 2 is 1.68 bits per heavy atom. The molecule has 132 valence electrons. The molecule has 0 radical (unpaired) electrons. The summed E-state index contributed by atoms with van der Waals surface area (Å²) in [5.41, 5.74) is 1.47. The molecule has 2 atom stereocenters. The van der Waals surface area contributed by atoms with Gasteiger partial charge in [0.05, 0.1) is 10.6 Å². The molecule has 0 aliphatic carbocycles. The fourth-order valence-corrected chi connectivity index (χ4v) is 2.58. The van der Waals surface area contributed by atoms with Crippen LogP contribution < -0.4 is 5.32 Å². The molecule has 0 fully saturated rings. The number of ether oxygens (including phenoxy) is 1. The molecule has 0 spiro atoms. The Labute approximate surface area is 153 Å². The molecule has 0 bridgehead atoms. The van der Waals surface area contributed by atoms with E-state index in [1.165, 1.54) is 5.56 Å².